The summed E-state index contributed by atoms with van der Waals surface area (Å²) in [4.78, 5) is 0. The molecule has 0 aromatic heterocycles. The van der Waals surface area contributed by atoms with Crippen molar-refractivity contribution in [3.05, 3.63) is 28.5 Å². The van der Waals surface area contributed by atoms with Gasteiger partial charge in [0.05, 0.1) is 0 Å². The summed E-state index contributed by atoms with van der Waals surface area (Å²) in [6.45, 7) is 0. The Morgan fingerprint density at radius 3 is 2.59 bits per heavy atom. The van der Waals surface area contributed by atoms with Gasteiger partial charge in [-0.1, -0.05) is 30.9 Å². The van der Waals surface area contributed by atoms with Crippen LogP contribution in [0.1, 0.15) is 43.7 Å². The van der Waals surface area contributed by atoms with E-state index in [0.717, 1.165) is 31.7 Å². The summed E-state index contributed by atoms with van der Waals surface area (Å²) < 4.78 is 13.3. The first-order chi connectivity index (χ1) is 8.11. The fourth-order valence-corrected chi connectivity index (χ4v) is 2.88. The number of aromatic hydroxyl groups is 1. The highest BCUT2D eigenvalue weighted by molar-refractivity contribution is 6.31. The van der Waals surface area contributed by atoms with Crippen LogP contribution in [-0.2, 0) is 0 Å². The molecule has 2 nitrogen and oxygen atoms in total. The lowest BCUT2D eigenvalue weighted by Gasteiger charge is -2.28. The van der Waals surface area contributed by atoms with E-state index in [2.05, 4.69) is 0 Å². The molecule has 0 unspecified atom stereocenters. The first-order valence-corrected chi connectivity index (χ1v) is 6.41. The van der Waals surface area contributed by atoms with Crippen molar-refractivity contribution in [2.24, 2.45) is 11.7 Å². The lowest BCUT2D eigenvalue weighted by Crippen LogP contribution is -2.24. The predicted octanol–water partition coefficient (Wildman–Crippen LogP) is 3.76. The zero-order valence-electron chi connectivity index (χ0n) is 9.63. The summed E-state index contributed by atoms with van der Waals surface area (Å²) in [5.41, 5.74) is 6.49. The molecule has 0 spiro atoms. The molecular formula is C13H17ClFNO. The van der Waals surface area contributed by atoms with Crippen molar-refractivity contribution in [2.75, 3.05) is 0 Å². The van der Waals surface area contributed by atoms with Crippen LogP contribution in [0.2, 0.25) is 5.02 Å². The summed E-state index contributed by atoms with van der Waals surface area (Å²) >= 11 is 6.01. The molecule has 17 heavy (non-hydrogen) atoms. The van der Waals surface area contributed by atoms with Crippen LogP contribution in [0.25, 0.3) is 0 Å². The standard InChI is InChI=1S/C13H17ClFNO/c14-9-6-7-10(15)13(17)11(9)12(16)8-4-2-1-3-5-8/h6-8,12,17H,1-5,16H2/t12-/m1/s1. The molecule has 1 atom stereocenters. The quantitative estimate of drug-likeness (QED) is 0.847. The van der Waals surface area contributed by atoms with Crippen LogP contribution < -0.4 is 5.73 Å². The molecule has 1 fully saturated rings. The largest absolute Gasteiger partial charge is 0.505 e. The average molecular weight is 258 g/mol. The van der Waals surface area contributed by atoms with Gasteiger partial charge in [0.2, 0.25) is 0 Å². The molecule has 0 radical (unpaired) electrons. The van der Waals surface area contributed by atoms with E-state index in [4.69, 9.17) is 17.3 Å². The zero-order valence-corrected chi connectivity index (χ0v) is 10.4. The van der Waals surface area contributed by atoms with Gasteiger partial charge in [0, 0.05) is 16.6 Å². The first-order valence-electron chi connectivity index (χ1n) is 6.03. The van der Waals surface area contributed by atoms with Gasteiger partial charge in [-0.2, -0.15) is 0 Å². The third kappa shape index (κ3) is 2.55. The van der Waals surface area contributed by atoms with Crippen LogP contribution in [0.5, 0.6) is 5.75 Å². The zero-order chi connectivity index (χ0) is 12.4. The molecule has 4 heteroatoms. The van der Waals surface area contributed by atoms with Crippen molar-refractivity contribution in [3.8, 4) is 5.75 Å². The van der Waals surface area contributed by atoms with Crippen molar-refractivity contribution < 1.29 is 9.50 Å². The third-order valence-corrected chi connectivity index (χ3v) is 3.94. The Morgan fingerprint density at radius 1 is 1.29 bits per heavy atom. The number of hydrogen-bond acceptors (Lipinski definition) is 2. The highest BCUT2D eigenvalue weighted by atomic mass is 35.5. The minimum Gasteiger partial charge on any atom is -0.505 e. The Labute approximate surface area is 106 Å². The van der Waals surface area contributed by atoms with Crippen LogP contribution >= 0.6 is 11.6 Å². The Balaban J connectivity index is 2.29. The lowest BCUT2D eigenvalue weighted by molar-refractivity contribution is 0.301. The van der Waals surface area contributed by atoms with Gasteiger partial charge in [-0.25, -0.2) is 4.39 Å². The van der Waals surface area contributed by atoms with Crippen LogP contribution in [0.15, 0.2) is 12.1 Å². The maximum atomic E-state index is 13.3. The molecule has 1 aromatic carbocycles. The molecule has 0 heterocycles. The molecule has 0 saturated heterocycles. The second kappa shape index (κ2) is 5.23. The smallest absolute Gasteiger partial charge is 0.165 e. The number of hydrogen-bond donors (Lipinski definition) is 2. The van der Waals surface area contributed by atoms with E-state index >= 15 is 0 Å². The molecule has 0 aliphatic heterocycles. The molecule has 3 N–H and O–H groups in total. The van der Waals surface area contributed by atoms with Gasteiger partial charge in [-0.3, -0.25) is 0 Å². The maximum absolute atomic E-state index is 13.3. The van der Waals surface area contributed by atoms with Crippen molar-refractivity contribution in [1.82, 2.24) is 0 Å². The van der Waals surface area contributed by atoms with Gasteiger partial charge in [0.15, 0.2) is 11.6 Å². The second-order valence-corrected chi connectivity index (χ2v) is 5.12. The third-order valence-electron chi connectivity index (χ3n) is 3.61. The molecular weight excluding hydrogens is 241 g/mol. The SMILES string of the molecule is N[C@@H](c1c(Cl)ccc(F)c1O)C1CCCCC1. The number of phenols is 1. The number of halogens is 2. The predicted molar refractivity (Wildman–Crippen MR) is 66.6 cm³/mol. The molecule has 2 rings (SSSR count). The van der Waals surface area contributed by atoms with Gasteiger partial charge in [0.25, 0.3) is 0 Å². The number of nitrogens with two attached hydrogens (primary N) is 1. The first kappa shape index (κ1) is 12.7. The summed E-state index contributed by atoms with van der Waals surface area (Å²) in [5, 5.41) is 10.1. The topological polar surface area (TPSA) is 46.2 Å². The molecule has 0 amide bonds. The van der Waals surface area contributed by atoms with Gasteiger partial charge in [-0.15, -0.1) is 0 Å². The van der Waals surface area contributed by atoms with E-state index < -0.39 is 11.6 Å². The van der Waals surface area contributed by atoms with Crippen LogP contribution in [0, 0.1) is 11.7 Å². The Hall–Kier alpha value is -0.800. The lowest BCUT2D eigenvalue weighted by atomic mass is 9.81. The fraction of sp³-hybridized carbons (Fsp3) is 0.538. The molecule has 1 saturated carbocycles. The number of rotatable bonds is 2. The van der Waals surface area contributed by atoms with Crippen molar-refractivity contribution >= 4 is 11.6 Å². The van der Waals surface area contributed by atoms with E-state index in [1.54, 1.807) is 0 Å². The number of phenolic OH excluding ortho intramolecular Hbond substituents is 1. The Morgan fingerprint density at radius 2 is 1.94 bits per heavy atom. The van der Waals surface area contributed by atoms with Crippen molar-refractivity contribution in [1.29, 1.82) is 0 Å². The Kier molecular flexibility index (Phi) is 3.89. The second-order valence-electron chi connectivity index (χ2n) is 4.72. The summed E-state index contributed by atoms with van der Waals surface area (Å²) in [6, 6.07) is 2.24. The molecule has 94 valence electrons. The number of benzene rings is 1. The fourth-order valence-electron chi connectivity index (χ4n) is 2.60. The molecule has 1 aliphatic carbocycles. The van der Waals surface area contributed by atoms with Crippen molar-refractivity contribution in [3.63, 3.8) is 0 Å². The normalized spacial score (nSPS) is 19.2. The summed E-state index contributed by atoms with van der Waals surface area (Å²) in [7, 11) is 0. The van der Waals surface area contributed by atoms with Gasteiger partial charge < -0.3 is 10.8 Å². The Bertz CT molecular complexity index is 405. The summed E-state index contributed by atoms with van der Waals surface area (Å²) in [6.07, 6.45) is 5.56. The minimum atomic E-state index is -0.657. The highest BCUT2D eigenvalue weighted by Crippen LogP contribution is 2.40. The van der Waals surface area contributed by atoms with Gasteiger partial charge >= 0.3 is 0 Å². The van der Waals surface area contributed by atoms with Crippen molar-refractivity contribution in [2.45, 2.75) is 38.1 Å². The molecule has 1 aromatic rings. The highest BCUT2D eigenvalue weighted by Gasteiger charge is 2.26. The van der Waals surface area contributed by atoms with E-state index in [9.17, 15) is 9.50 Å². The van der Waals surface area contributed by atoms with Crippen LogP contribution in [0.3, 0.4) is 0 Å². The van der Waals surface area contributed by atoms with E-state index in [1.807, 2.05) is 0 Å². The average Bonchev–Trinajstić information content (AvgIpc) is 2.35. The minimum absolute atomic E-state index is 0.286. The van der Waals surface area contributed by atoms with E-state index in [1.165, 1.54) is 12.5 Å². The summed E-state index contributed by atoms with van der Waals surface area (Å²) in [5.74, 6) is -0.764. The van der Waals surface area contributed by atoms with E-state index in [-0.39, 0.29) is 12.0 Å². The maximum Gasteiger partial charge on any atom is 0.165 e. The van der Waals surface area contributed by atoms with Gasteiger partial charge in [0.1, 0.15) is 0 Å². The van der Waals surface area contributed by atoms with Crippen LogP contribution in [0.4, 0.5) is 4.39 Å². The monoisotopic (exact) mass is 257 g/mol. The van der Waals surface area contributed by atoms with E-state index in [0.29, 0.717) is 10.6 Å². The van der Waals surface area contributed by atoms with Gasteiger partial charge in [-0.05, 0) is 30.9 Å². The van der Waals surface area contributed by atoms with Crippen LogP contribution in [-0.4, -0.2) is 5.11 Å². The molecule has 1 aliphatic rings. The molecule has 0 bridgehead atoms.